The summed E-state index contributed by atoms with van der Waals surface area (Å²) in [5.74, 6) is 0.659. The minimum absolute atomic E-state index is 0.542. The van der Waals surface area contributed by atoms with Crippen LogP contribution in [0.4, 0.5) is 0 Å². The zero-order valence-electron chi connectivity index (χ0n) is 10.7. The zero-order valence-corrected chi connectivity index (χ0v) is 10.7. The number of aromatic nitrogens is 2. The average Bonchev–Trinajstić information content (AvgIpc) is 2.69. The van der Waals surface area contributed by atoms with E-state index in [1.54, 1.807) is 0 Å². The summed E-state index contributed by atoms with van der Waals surface area (Å²) in [4.78, 5) is 4.54. The molecule has 0 saturated heterocycles. The minimum Gasteiger partial charge on any atom is -0.333 e. The van der Waals surface area contributed by atoms with Crippen molar-refractivity contribution in [2.45, 2.75) is 52.1 Å². The van der Waals surface area contributed by atoms with Crippen molar-refractivity contribution >= 4 is 0 Å². The Balaban J connectivity index is 2.12. The number of nitrogens with one attached hydrogen (secondary N) is 1. The normalized spacial score (nSPS) is 17.5. The molecule has 0 aliphatic heterocycles. The van der Waals surface area contributed by atoms with Crippen molar-refractivity contribution in [2.24, 2.45) is 5.92 Å². The molecule has 90 valence electrons. The standard InChI is InChI=1S/C13H23N3/c1-10(2)12(14-3)8-16-9-15-11-6-4-5-7-13(11)16/h9-10,12,14H,4-8H2,1-3H3. The summed E-state index contributed by atoms with van der Waals surface area (Å²) in [5.41, 5.74) is 2.82. The topological polar surface area (TPSA) is 29.9 Å². The summed E-state index contributed by atoms with van der Waals surface area (Å²) in [6, 6.07) is 0.542. The number of hydrogen-bond acceptors (Lipinski definition) is 2. The van der Waals surface area contributed by atoms with Crippen molar-refractivity contribution in [3.8, 4) is 0 Å². The van der Waals surface area contributed by atoms with Gasteiger partial charge in [-0.3, -0.25) is 0 Å². The maximum absolute atomic E-state index is 4.54. The molecule has 0 bridgehead atoms. The van der Waals surface area contributed by atoms with E-state index in [0.29, 0.717) is 12.0 Å². The number of likely N-dealkylation sites (N-methyl/N-ethyl adjacent to an activating group) is 1. The summed E-state index contributed by atoms with van der Waals surface area (Å²) in [7, 11) is 2.05. The van der Waals surface area contributed by atoms with Crippen LogP contribution < -0.4 is 5.32 Å². The van der Waals surface area contributed by atoms with Crippen LogP contribution >= 0.6 is 0 Å². The highest BCUT2D eigenvalue weighted by molar-refractivity contribution is 5.16. The van der Waals surface area contributed by atoms with Gasteiger partial charge >= 0.3 is 0 Å². The van der Waals surface area contributed by atoms with Crippen LogP contribution in [0.25, 0.3) is 0 Å². The predicted molar refractivity (Wildman–Crippen MR) is 66.6 cm³/mol. The second-order valence-electron chi connectivity index (χ2n) is 5.14. The molecular formula is C13H23N3. The van der Waals surface area contributed by atoms with E-state index in [-0.39, 0.29) is 0 Å². The van der Waals surface area contributed by atoms with Gasteiger partial charge in [-0.1, -0.05) is 13.8 Å². The van der Waals surface area contributed by atoms with Gasteiger partial charge in [-0.25, -0.2) is 4.98 Å². The molecule has 0 fully saturated rings. The van der Waals surface area contributed by atoms with Gasteiger partial charge in [-0.2, -0.15) is 0 Å². The SMILES string of the molecule is CNC(Cn1cnc2c1CCCC2)C(C)C. The molecule has 0 aromatic carbocycles. The van der Waals surface area contributed by atoms with Gasteiger partial charge < -0.3 is 9.88 Å². The molecule has 1 aliphatic carbocycles. The Morgan fingerprint density at radius 2 is 2.12 bits per heavy atom. The minimum atomic E-state index is 0.542. The number of imidazole rings is 1. The molecule has 0 amide bonds. The Labute approximate surface area is 98.3 Å². The molecule has 1 atom stereocenters. The van der Waals surface area contributed by atoms with Crippen LogP contribution in [0.15, 0.2) is 6.33 Å². The lowest BCUT2D eigenvalue weighted by molar-refractivity contribution is 0.372. The van der Waals surface area contributed by atoms with Gasteiger partial charge in [0.1, 0.15) is 0 Å². The van der Waals surface area contributed by atoms with Gasteiger partial charge in [0, 0.05) is 18.3 Å². The first-order valence-electron chi connectivity index (χ1n) is 6.42. The molecule has 1 aromatic heterocycles. The Morgan fingerprint density at radius 3 is 2.81 bits per heavy atom. The summed E-state index contributed by atoms with van der Waals surface area (Å²) in [5, 5.41) is 3.40. The summed E-state index contributed by atoms with van der Waals surface area (Å²) < 4.78 is 2.36. The predicted octanol–water partition coefficient (Wildman–Crippen LogP) is 2.01. The van der Waals surface area contributed by atoms with Crippen LogP contribution in [-0.4, -0.2) is 22.6 Å². The average molecular weight is 221 g/mol. The van der Waals surface area contributed by atoms with E-state index in [4.69, 9.17) is 0 Å². The molecule has 1 heterocycles. The zero-order chi connectivity index (χ0) is 11.5. The largest absolute Gasteiger partial charge is 0.333 e. The first-order chi connectivity index (χ1) is 7.72. The molecular weight excluding hydrogens is 198 g/mol. The van der Waals surface area contributed by atoms with Crippen molar-refractivity contribution in [2.75, 3.05) is 7.05 Å². The molecule has 3 nitrogen and oxygen atoms in total. The molecule has 1 aliphatic rings. The summed E-state index contributed by atoms with van der Waals surface area (Å²) in [6.07, 6.45) is 7.05. The van der Waals surface area contributed by atoms with Crippen LogP contribution in [-0.2, 0) is 19.4 Å². The third-order valence-corrected chi connectivity index (χ3v) is 3.68. The van der Waals surface area contributed by atoms with Crippen LogP contribution in [0.1, 0.15) is 38.1 Å². The van der Waals surface area contributed by atoms with Gasteiger partial charge in [-0.15, -0.1) is 0 Å². The molecule has 0 spiro atoms. The Kier molecular flexibility index (Phi) is 3.64. The van der Waals surface area contributed by atoms with Crippen molar-refractivity contribution in [1.29, 1.82) is 0 Å². The molecule has 0 saturated carbocycles. The van der Waals surface area contributed by atoms with E-state index in [0.717, 1.165) is 6.54 Å². The maximum Gasteiger partial charge on any atom is 0.0952 e. The van der Waals surface area contributed by atoms with Gasteiger partial charge in [0.2, 0.25) is 0 Å². The molecule has 3 heteroatoms. The van der Waals surface area contributed by atoms with Crippen LogP contribution in [0.3, 0.4) is 0 Å². The lowest BCUT2D eigenvalue weighted by Crippen LogP contribution is -2.35. The number of nitrogens with zero attached hydrogens (tertiary/aromatic N) is 2. The fourth-order valence-corrected chi connectivity index (χ4v) is 2.54. The first kappa shape index (κ1) is 11.6. The summed E-state index contributed by atoms with van der Waals surface area (Å²) in [6.45, 7) is 5.59. The van der Waals surface area contributed by atoms with Crippen molar-refractivity contribution in [3.63, 3.8) is 0 Å². The summed E-state index contributed by atoms with van der Waals surface area (Å²) >= 11 is 0. The molecule has 1 aromatic rings. The van der Waals surface area contributed by atoms with Gasteiger partial charge in [0.15, 0.2) is 0 Å². The van der Waals surface area contributed by atoms with Gasteiger partial charge in [0.25, 0.3) is 0 Å². The number of aryl methyl sites for hydroxylation is 1. The number of fused-ring (bicyclic) bond motifs is 1. The van der Waals surface area contributed by atoms with Gasteiger partial charge in [0.05, 0.1) is 12.0 Å². The van der Waals surface area contributed by atoms with Crippen LogP contribution in [0.5, 0.6) is 0 Å². The third-order valence-electron chi connectivity index (χ3n) is 3.68. The lowest BCUT2D eigenvalue weighted by Gasteiger charge is -2.22. The first-order valence-corrected chi connectivity index (χ1v) is 6.42. The second kappa shape index (κ2) is 5.00. The van der Waals surface area contributed by atoms with Gasteiger partial charge in [-0.05, 0) is 38.6 Å². The van der Waals surface area contributed by atoms with Crippen molar-refractivity contribution in [3.05, 3.63) is 17.7 Å². The van der Waals surface area contributed by atoms with E-state index in [9.17, 15) is 0 Å². The molecule has 16 heavy (non-hydrogen) atoms. The molecule has 2 rings (SSSR count). The van der Waals surface area contributed by atoms with E-state index in [2.05, 4.69) is 28.7 Å². The third kappa shape index (κ3) is 2.29. The Bertz CT molecular complexity index is 341. The van der Waals surface area contributed by atoms with E-state index in [1.165, 1.54) is 37.1 Å². The number of rotatable bonds is 4. The van der Waals surface area contributed by atoms with E-state index in [1.807, 2.05) is 13.4 Å². The molecule has 1 N–H and O–H groups in total. The second-order valence-corrected chi connectivity index (χ2v) is 5.14. The number of hydrogen-bond donors (Lipinski definition) is 1. The van der Waals surface area contributed by atoms with Crippen molar-refractivity contribution < 1.29 is 0 Å². The van der Waals surface area contributed by atoms with E-state index >= 15 is 0 Å². The van der Waals surface area contributed by atoms with Crippen LogP contribution in [0, 0.1) is 5.92 Å². The van der Waals surface area contributed by atoms with Crippen molar-refractivity contribution in [1.82, 2.24) is 14.9 Å². The Morgan fingerprint density at radius 1 is 1.38 bits per heavy atom. The molecule has 1 unspecified atom stereocenters. The quantitative estimate of drug-likeness (QED) is 0.843. The smallest absolute Gasteiger partial charge is 0.0952 e. The Hall–Kier alpha value is -0.830. The van der Waals surface area contributed by atoms with E-state index < -0.39 is 0 Å². The monoisotopic (exact) mass is 221 g/mol. The highest BCUT2D eigenvalue weighted by atomic mass is 15.1. The fraction of sp³-hybridized carbons (Fsp3) is 0.769. The highest BCUT2D eigenvalue weighted by Gasteiger charge is 2.18. The van der Waals surface area contributed by atoms with Crippen LogP contribution in [0.2, 0.25) is 0 Å². The molecule has 0 radical (unpaired) electrons. The maximum atomic E-state index is 4.54. The lowest BCUT2D eigenvalue weighted by atomic mass is 10.00. The highest BCUT2D eigenvalue weighted by Crippen LogP contribution is 2.20. The fourth-order valence-electron chi connectivity index (χ4n) is 2.54.